The molecule has 314 valence electrons. The number of unbranched alkanes of at least 4 members (excludes halogenated alkanes) is 2. The number of rotatable bonds is 15. The molecule has 0 aliphatic carbocycles. The van der Waals surface area contributed by atoms with Gasteiger partial charge in [0.2, 0.25) is 23.7 Å². The summed E-state index contributed by atoms with van der Waals surface area (Å²) in [4.78, 5) is 78.4. The van der Waals surface area contributed by atoms with Crippen molar-refractivity contribution in [2.45, 2.75) is 49.5 Å². The Bertz CT molecular complexity index is 2390. The number of halogens is 1. The molecule has 15 nitrogen and oxygen atoms in total. The van der Waals surface area contributed by atoms with Crippen LogP contribution in [0.3, 0.4) is 0 Å². The lowest BCUT2D eigenvalue weighted by Crippen LogP contribution is -2.54. The number of nitrogens with one attached hydrogen (secondary N) is 3. The molecule has 3 N–H and O–H groups in total. The summed E-state index contributed by atoms with van der Waals surface area (Å²) < 4.78 is 18.6. The number of amides is 5. The van der Waals surface area contributed by atoms with Crippen LogP contribution < -0.4 is 30.9 Å². The molecular weight excluding hydrogens is 827 g/mol. The molecule has 3 aliphatic rings. The lowest BCUT2D eigenvalue weighted by molar-refractivity contribution is -0.136. The summed E-state index contributed by atoms with van der Waals surface area (Å²) in [7, 11) is -0.978. The summed E-state index contributed by atoms with van der Waals surface area (Å²) in [5.74, 6) is -0.000209. The molecule has 0 spiro atoms. The van der Waals surface area contributed by atoms with E-state index in [1.54, 1.807) is 38.6 Å². The molecule has 1 unspecified atom stereocenters. The number of piperidine rings is 1. The number of para-hydroxylation sites is 1. The van der Waals surface area contributed by atoms with E-state index in [9.17, 15) is 28.5 Å². The van der Waals surface area contributed by atoms with Crippen LogP contribution in [0.4, 0.5) is 28.8 Å². The van der Waals surface area contributed by atoms with Crippen LogP contribution in [-0.4, -0.2) is 108 Å². The van der Waals surface area contributed by atoms with E-state index in [-0.39, 0.29) is 24.3 Å². The van der Waals surface area contributed by atoms with E-state index >= 15 is 0 Å². The second-order valence-electron chi connectivity index (χ2n) is 15.0. The van der Waals surface area contributed by atoms with Crippen molar-refractivity contribution in [1.29, 1.82) is 0 Å². The Morgan fingerprint density at radius 1 is 0.950 bits per heavy atom. The number of piperazine rings is 1. The van der Waals surface area contributed by atoms with Gasteiger partial charge >= 0.3 is 0 Å². The van der Waals surface area contributed by atoms with Crippen molar-refractivity contribution in [2.75, 3.05) is 67.9 Å². The molecule has 0 radical (unpaired) electrons. The zero-order valence-corrected chi connectivity index (χ0v) is 36.0. The standard InChI is InChI=1S/C42H46ClN8O7PS/c1-58-32-24-26(15-16-29(32)46-42-44-25-28(43)38(48-42)45-30-11-6-7-12-33(30)59(2,3)57)49-19-21-50(22-20-49)36(53)14-5-4-8-23-60-34-13-9-10-27-37(34)41(56)51(40(27)55)31-17-18-35(52)47-39(31)54/h6-7,9-13,15-16,24-25,31H,4-5,8,14,17-23H2,1-3H3,(H,47,52,54)(H2,44,45,46,48). The van der Waals surface area contributed by atoms with Crippen molar-refractivity contribution < 1.29 is 33.3 Å². The van der Waals surface area contributed by atoms with Crippen molar-refractivity contribution in [1.82, 2.24) is 25.1 Å². The average molecular weight is 873 g/mol. The van der Waals surface area contributed by atoms with Gasteiger partial charge in [-0.05, 0) is 74.7 Å². The summed E-state index contributed by atoms with van der Waals surface area (Å²) >= 11 is 7.93. The highest BCUT2D eigenvalue weighted by Gasteiger charge is 2.45. The number of carbonyl (C=O) groups excluding carboxylic acids is 5. The van der Waals surface area contributed by atoms with E-state index in [0.29, 0.717) is 88.0 Å². The molecule has 3 aliphatic heterocycles. The SMILES string of the molecule is COc1cc(N2CCN(C(=O)CCCCCSc3cccc4c3C(=O)N(C3CCC(=O)NC3=O)C4=O)CC2)ccc1Nc1ncc(Cl)c(Nc2ccccc2P(C)(C)=O)n1. The maximum atomic E-state index is 13.4. The number of aromatic nitrogens is 2. The van der Waals surface area contributed by atoms with Crippen LogP contribution in [0, 0.1) is 0 Å². The van der Waals surface area contributed by atoms with E-state index in [4.69, 9.17) is 16.3 Å². The minimum atomic E-state index is -2.57. The average Bonchev–Trinajstić information content (AvgIpc) is 3.49. The van der Waals surface area contributed by atoms with Crippen LogP contribution in [0.25, 0.3) is 0 Å². The van der Waals surface area contributed by atoms with Gasteiger partial charge in [0.25, 0.3) is 11.8 Å². The van der Waals surface area contributed by atoms with Gasteiger partial charge in [0, 0.05) is 61.0 Å². The van der Waals surface area contributed by atoms with Gasteiger partial charge in [-0.3, -0.25) is 34.2 Å². The number of benzene rings is 3. The summed E-state index contributed by atoms with van der Waals surface area (Å²) in [6.07, 6.45) is 4.51. The van der Waals surface area contributed by atoms with Gasteiger partial charge in [-0.1, -0.05) is 36.2 Å². The van der Waals surface area contributed by atoms with Crippen molar-refractivity contribution in [2.24, 2.45) is 0 Å². The Hall–Kier alpha value is -5.44. The van der Waals surface area contributed by atoms with E-state index in [0.717, 1.165) is 29.8 Å². The Kier molecular flexibility index (Phi) is 13.1. The number of methoxy groups -OCH3 is 1. The topological polar surface area (TPSA) is 183 Å². The predicted octanol–water partition coefficient (Wildman–Crippen LogP) is 6.28. The first-order chi connectivity index (χ1) is 28.8. The monoisotopic (exact) mass is 872 g/mol. The van der Waals surface area contributed by atoms with E-state index in [2.05, 4.69) is 30.8 Å². The van der Waals surface area contributed by atoms with Gasteiger partial charge in [-0.2, -0.15) is 4.98 Å². The molecule has 1 aromatic heterocycles. The van der Waals surface area contributed by atoms with E-state index in [1.165, 1.54) is 18.0 Å². The number of carbonyl (C=O) groups is 5. The molecule has 2 fully saturated rings. The molecule has 4 heterocycles. The smallest absolute Gasteiger partial charge is 0.263 e. The number of fused-ring (bicyclic) bond motifs is 1. The van der Waals surface area contributed by atoms with Crippen LogP contribution >= 0.6 is 30.5 Å². The molecule has 18 heteroatoms. The fraction of sp³-hybridized carbons (Fsp3) is 0.357. The van der Waals surface area contributed by atoms with Crippen LogP contribution in [0.15, 0.2) is 71.8 Å². The second kappa shape index (κ2) is 18.4. The fourth-order valence-corrected chi connectivity index (χ4v) is 9.88. The highest BCUT2D eigenvalue weighted by atomic mass is 35.5. The van der Waals surface area contributed by atoms with Gasteiger partial charge in [0.15, 0.2) is 5.82 Å². The Morgan fingerprint density at radius 3 is 2.48 bits per heavy atom. The molecule has 2 saturated heterocycles. The lowest BCUT2D eigenvalue weighted by atomic mass is 10.0. The maximum absolute atomic E-state index is 13.4. The molecule has 0 bridgehead atoms. The molecular formula is C42H46ClN8O7PS. The van der Waals surface area contributed by atoms with Crippen molar-refractivity contribution >= 4 is 94.2 Å². The van der Waals surface area contributed by atoms with Crippen molar-refractivity contribution in [3.8, 4) is 5.75 Å². The zero-order valence-electron chi connectivity index (χ0n) is 33.5. The first-order valence-corrected chi connectivity index (χ1v) is 23.7. The Morgan fingerprint density at radius 2 is 1.73 bits per heavy atom. The van der Waals surface area contributed by atoms with Crippen LogP contribution in [-0.2, 0) is 18.9 Å². The van der Waals surface area contributed by atoms with Gasteiger partial charge < -0.3 is 29.7 Å². The third-order valence-electron chi connectivity index (χ3n) is 10.6. The maximum Gasteiger partial charge on any atom is 0.263 e. The Labute approximate surface area is 357 Å². The lowest BCUT2D eigenvalue weighted by Gasteiger charge is -2.36. The first kappa shape index (κ1) is 42.7. The van der Waals surface area contributed by atoms with Crippen LogP contribution in [0.5, 0.6) is 5.75 Å². The number of ether oxygens (including phenoxy) is 1. The van der Waals surface area contributed by atoms with Gasteiger partial charge in [0.1, 0.15) is 24.0 Å². The van der Waals surface area contributed by atoms with Gasteiger partial charge in [0.05, 0.1) is 35.8 Å². The summed E-state index contributed by atoms with van der Waals surface area (Å²) in [5, 5.41) is 9.66. The Balaban J connectivity index is 0.860. The normalized spacial score (nSPS) is 16.8. The highest BCUT2D eigenvalue weighted by Crippen LogP contribution is 2.39. The molecule has 60 heavy (non-hydrogen) atoms. The predicted molar refractivity (Wildman–Crippen MR) is 233 cm³/mol. The van der Waals surface area contributed by atoms with Crippen molar-refractivity contribution in [3.63, 3.8) is 0 Å². The number of thioether (sulfide) groups is 1. The fourth-order valence-electron chi connectivity index (χ4n) is 7.51. The van der Waals surface area contributed by atoms with Crippen LogP contribution in [0.2, 0.25) is 5.02 Å². The minimum Gasteiger partial charge on any atom is -0.494 e. The number of hydrogen-bond donors (Lipinski definition) is 3. The molecule has 7 rings (SSSR count). The molecule has 3 aromatic carbocycles. The van der Waals surface area contributed by atoms with Crippen molar-refractivity contribution in [3.05, 3.63) is 83.0 Å². The molecule has 4 aromatic rings. The van der Waals surface area contributed by atoms with E-state index < -0.39 is 36.8 Å². The van der Waals surface area contributed by atoms with E-state index in [1.807, 2.05) is 47.4 Å². The van der Waals surface area contributed by atoms with Gasteiger partial charge in [-0.15, -0.1) is 11.8 Å². The molecule has 0 saturated carbocycles. The minimum absolute atomic E-state index is 0.0699. The number of anilines is 5. The van der Waals surface area contributed by atoms with Gasteiger partial charge in [-0.25, -0.2) is 4.98 Å². The summed E-state index contributed by atoms with van der Waals surface area (Å²) in [6.45, 7) is 5.96. The molecule has 1 atom stereocenters. The quantitative estimate of drug-likeness (QED) is 0.0526. The summed E-state index contributed by atoms with van der Waals surface area (Å²) in [5.41, 5.74) is 2.84. The molecule has 5 amide bonds. The summed E-state index contributed by atoms with van der Waals surface area (Å²) in [6, 6.07) is 17.3. The number of hydrogen-bond acceptors (Lipinski definition) is 13. The van der Waals surface area contributed by atoms with Crippen LogP contribution in [0.1, 0.15) is 59.2 Å². The number of imide groups is 2. The zero-order chi connectivity index (χ0) is 42.6. The third-order valence-corrected chi connectivity index (χ3v) is 13.6. The number of nitrogens with zero attached hydrogens (tertiary/aromatic N) is 5. The second-order valence-corrected chi connectivity index (χ2v) is 19.8. The largest absolute Gasteiger partial charge is 0.494 e. The first-order valence-electron chi connectivity index (χ1n) is 19.7. The highest BCUT2D eigenvalue weighted by molar-refractivity contribution is 7.99. The third kappa shape index (κ3) is 9.46.